The Morgan fingerprint density at radius 1 is 1.70 bits per heavy atom. The van der Waals surface area contributed by atoms with Crippen molar-refractivity contribution >= 4 is 22.6 Å². The van der Waals surface area contributed by atoms with Crippen LogP contribution in [0.15, 0.2) is 12.3 Å². The van der Waals surface area contributed by atoms with Crippen LogP contribution in [0.5, 0.6) is 5.75 Å². The van der Waals surface area contributed by atoms with Gasteiger partial charge in [-0.1, -0.05) is 22.6 Å². The molecule has 4 heteroatoms. The minimum absolute atomic E-state index is 0.765. The predicted octanol–water partition coefficient (Wildman–Crippen LogP) is 1.42. The predicted molar refractivity (Wildman–Crippen MR) is 46.3 cm³/mol. The van der Waals surface area contributed by atoms with Gasteiger partial charge in [-0.2, -0.15) is 10.2 Å². The molecular formula is C6H7IN2O. The van der Waals surface area contributed by atoms with Crippen molar-refractivity contribution in [1.29, 1.82) is 0 Å². The van der Waals surface area contributed by atoms with Crippen LogP contribution in [-0.2, 0) is 4.43 Å². The van der Waals surface area contributed by atoms with E-state index in [1.165, 1.54) is 0 Å². The molecule has 0 aliphatic heterocycles. The SMILES string of the molecule is COc1cnnc(CI)c1. The minimum Gasteiger partial charge on any atom is -0.495 e. The van der Waals surface area contributed by atoms with Crippen molar-refractivity contribution in [3.05, 3.63) is 18.0 Å². The molecule has 0 fully saturated rings. The molecule has 0 aliphatic rings. The van der Waals surface area contributed by atoms with Gasteiger partial charge in [0.15, 0.2) is 0 Å². The maximum atomic E-state index is 4.95. The summed E-state index contributed by atoms with van der Waals surface area (Å²) in [7, 11) is 1.62. The van der Waals surface area contributed by atoms with E-state index in [1.54, 1.807) is 13.3 Å². The standard InChI is InChI=1S/C6H7IN2O/c1-10-6-2-5(3-7)9-8-4-6/h2,4H,3H2,1H3. The zero-order valence-corrected chi connectivity index (χ0v) is 7.70. The second-order valence-electron chi connectivity index (χ2n) is 1.72. The summed E-state index contributed by atoms with van der Waals surface area (Å²) < 4.78 is 5.81. The van der Waals surface area contributed by atoms with Gasteiger partial charge in [-0.3, -0.25) is 0 Å². The third kappa shape index (κ3) is 1.80. The van der Waals surface area contributed by atoms with Gasteiger partial charge in [-0.15, -0.1) is 0 Å². The average Bonchev–Trinajstić information content (AvgIpc) is 2.05. The second-order valence-corrected chi connectivity index (χ2v) is 2.48. The summed E-state index contributed by atoms with van der Waals surface area (Å²) >= 11 is 2.23. The highest BCUT2D eigenvalue weighted by molar-refractivity contribution is 14.1. The molecule has 0 saturated carbocycles. The molecule has 0 spiro atoms. The van der Waals surface area contributed by atoms with Gasteiger partial charge in [0.2, 0.25) is 0 Å². The largest absolute Gasteiger partial charge is 0.495 e. The van der Waals surface area contributed by atoms with Crippen LogP contribution in [-0.4, -0.2) is 17.3 Å². The van der Waals surface area contributed by atoms with E-state index >= 15 is 0 Å². The fraction of sp³-hybridized carbons (Fsp3) is 0.333. The number of nitrogens with zero attached hydrogens (tertiary/aromatic N) is 2. The number of rotatable bonds is 2. The molecule has 0 atom stereocenters. The van der Waals surface area contributed by atoms with Crippen LogP contribution in [0.25, 0.3) is 0 Å². The summed E-state index contributed by atoms with van der Waals surface area (Å²) in [6.45, 7) is 0. The molecule has 54 valence electrons. The summed E-state index contributed by atoms with van der Waals surface area (Å²) in [4.78, 5) is 0. The molecule has 0 aromatic carbocycles. The van der Waals surface area contributed by atoms with Crippen molar-refractivity contribution in [3.8, 4) is 5.75 Å². The zero-order chi connectivity index (χ0) is 7.40. The van der Waals surface area contributed by atoms with Gasteiger partial charge in [-0.05, 0) is 0 Å². The van der Waals surface area contributed by atoms with Gasteiger partial charge in [-0.25, -0.2) is 0 Å². The first-order chi connectivity index (χ1) is 4.86. The number of halogens is 1. The van der Waals surface area contributed by atoms with Crippen molar-refractivity contribution in [3.63, 3.8) is 0 Å². The quantitative estimate of drug-likeness (QED) is 0.588. The first-order valence-electron chi connectivity index (χ1n) is 2.78. The van der Waals surface area contributed by atoms with E-state index in [-0.39, 0.29) is 0 Å². The Hall–Kier alpha value is -0.390. The van der Waals surface area contributed by atoms with Crippen molar-refractivity contribution in [2.24, 2.45) is 0 Å². The maximum Gasteiger partial charge on any atom is 0.140 e. The molecule has 1 rings (SSSR count). The molecule has 0 N–H and O–H groups in total. The van der Waals surface area contributed by atoms with E-state index in [2.05, 4.69) is 32.8 Å². The molecule has 1 aromatic rings. The second kappa shape index (κ2) is 3.70. The summed E-state index contributed by atoms with van der Waals surface area (Å²) in [5.41, 5.74) is 0.944. The van der Waals surface area contributed by atoms with Crippen LogP contribution in [0.4, 0.5) is 0 Å². The lowest BCUT2D eigenvalue weighted by molar-refractivity contribution is 0.411. The van der Waals surface area contributed by atoms with Crippen LogP contribution in [0.2, 0.25) is 0 Å². The molecule has 0 bridgehead atoms. The lowest BCUT2D eigenvalue weighted by Gasteiger charge is -1.97. The zero-order valence-electron chi connectivity index (χ0n) is 5.54. The van der Waals surface area contributed by atoms with Gasteiger partial charge >= 0.3 is 0 Å². The Morgan fingerprint density at radius 2 is 2.50 bits per heavy atom. The summed E-state index contributed by atoms with van der Waals surface area (Å²) in [5, 5.41) is 7.61. The highest BCUT2D eigenvalue weighted by Gasteiger charge is 1.94. The molecule has 0 amide bonds. The Kier molecular flexibility index (Phi) is 2.85. The summed E-state index contributed by atoms with van der Waals surface area (Å²) in [6.07, 6.45) is 1.59. The number of hydrogen-bond acceptors (Lipinski definition) is 3. The van der Waals surface area contributed by atoms with Crippen molar-refractivity contribution < 1.29 is 4.74 Å². The molecule has 10 heavy (non-hydrogen) atoms. The molecule has 1 aromatic heterocycles. The van der Waals surface area contributed by atoms with Crippen LogP contribution < -0.4 is 4.74 Å². The van der Waals surface area contributed by atoms with Crippen LogP contribution in [0.3, 0.4) is 0 Å². The van der Waals surface area contributed by atoms with Crippen LogP contribution in [0, 0.1) is 0 Å². The third-order valence-electron chi connectivity index (χ3n) is 1.05. The first-order valence-corrected chi connectivity index (χ1v) is 4.31. The smallest absolute Gasteiger partial charge is 0.140 e. The van der Waals surface area contributed by atoms with E-state index in [9.17, 15) is 0 Å². The van der Waals surface area contributed by atoms with E-state index in [1.807, 2.05) is 6.07 Å². The fourth-order valence-electron chi connectivity index (χ4n) is 0.567. The number of alkyl halides is 1. The monoisotopic (exact) mass is 250 g/mol. The number of hydrogen-bond donors (Lipinski definition) is 0. The van der Waals surface area contributed by atoms with E-state index < -0.39 is 0 Å². The molecule has 1 heterocycles. The lowest BCUT2D eigenvalue weighted by Crippen LogP contribution is -1.90. The summed E-state index contributed by atoms with van der Waals surface area (Å²) in [5.74, 6) is 0.765. The Morgan fingerprint density at radius 3 is 3.10 bits per heavy atom. The average molecular weight is 250 g/mol. The van der Waals surface area contributed by atoms with Gasteiger partial charge in [0.25, 0.3) is 0 Å². The van der Waals surface area contributed by atoms with Gasteiger partial charge in [0, 0.05) is 10.5 Å². The molecule has 0 aliphatic carbocycles. The molecule has 3 nitrogen and oxygen atoms in total. The number of methoxy groups -OCH3 is 1. The van der Waals surface area contributed by atoms with Crippen molar-refractivity contribution in [2.45, 2.75) is 4.43 Å². The molecule has 0 unspecified atom stereocenters. The van der Waals surface area contributed by atoms with Crippen molar-refractivity contribution in [1.82, 2.24) is 10.2 Å². The number of ether oxygens (including phenoxy) is 1. The Bertz CT molecular complexity index is 197. The fourth-order valence-corrected chi connectivity index (χ4v) is 0.940. The minimum atomic E-state index is 0.765. The number of aromatic nitrogens is 2. The topological polar surface area (TPSA) is 35.0 Å². The van der Waals surface area contributed by atoms with E-state index in [4.69, 9.17) is 4.74 Å². The summed E-state index contributed by atoms with van der Waals surface area (Å²) in [6, 6.07) is 1.87. The lowest BCUT2D eigenvalue weighted by atomic mass is 10.4. The van der Waals surface area contributed by atoms with Gasteiger partial charge in [0.05, 0.1) is 19.0 Å². The Balaban J connectivity index is 2.87. The maximum absolute atomic E-state index is 4.95. The Labute approximate surface area is 72.9 Å². The molecule has 0 radical (unpaired) electrons. The van der Waals surface area contributed by atoms with E-state index in [0.29, 0.717) is 0 Å². The molecular weight excluding hydrogens is 243 g/mol. The van der Waals surface area contributed by atoms with Crippen molar-refractivity contribution in [2.75, 3.05) is 7.11 Å². The molecule has 0 saturated heterocycles. The normalized spacial score (nSPS) is 9.40. The third-order valence-corrected chi connectivity index (χ3v) is 1.83. The van der Waals surface area contributed by atoms with E-state index in [0.717, 1.165) is 15.9 Å². The van der Waals surface area contributed by atoms with Gasteiger partial charge in [0.1, 0.15) is 5.75 Å². The van der Waals surface area contributed by atoms with Gasteiger partial charge < -0.3 is 4.74 Å². The van der Waals surface area contributed by atoms with Crippen LogP contribution in [0.1, 0.15) is 5.69 Å². The van der Waals surface area contributed by atoms with Crippen LogP contribution >= 0.6 is 22.6 Å². The first kappa shape index (κ1) is 7.71. The highest BCUT2D eigenvalue weighted by Crippen LogP contribution is 2.09. The highest BCUT2D eigenvalue weighted by atomic mass is 127.